The van der Waals surface area contributed by atoms with Crippen molar-refractivity contribution < 1.29 is 19.0 Å². The summed E-state index contributed by atoms with van der Waals surface area (Å²) in [7, 11) is 4.81. The molecule has 144 valence electrons. The number of hydrogen-bond donors (Lipinski definition) is 1. The summed E-state index contributed by atoms with van der Waals surface area (Å²) in [5.74, 6) is 1.91. The van der Waals surface area contributed by atoms with Crippen molar-refractivity contribution in [2.24, 2.45) is 0 Å². The summed E-state index contributed by atoms with van der Waals surface area (Å²) < 4.78 is 16.0. The fraction of sp³-hybridized carbons (Fsp3) is 0.318. The molecular formula is C22H27NO4. The van der Waals surface area contributed by atoms with Gasteiger partial charge in [-0.1, -0.05) is 19.1 Å². The predicted octanol–water partition coefficient (Wildman–Crippen LogP) is 4.32. The molecule has 0 saturated carbocycles. The van der Waals surface area contributed by atoms with Crippen LogP contribution in [-0.2, 0) is 6.42 Å². The van der Waals surface area contributed by atoms with Gasteiger partial charge in [0, 0.05) is 5.56 Å². The maximum absolute atomic E-state index is 12.8. The minimum atomic E-state index is -0.137. The first-order chi connectivity index (χ1) is 13.1. The standard InChI is InChI=1S/C22H27NO4/c1-6-8-16-13-17(10-11-19(16)25-3)22(24)23-18(7-2)15-9-12-20(26-4)21(14-15)27-5/h6,9-14,18H,1,7-8H2,2-5H3,(H,23,24)/t18-/m0/s1. The van der Waals surface area contributed by atoms with Crippen LogP contribution in [0.3, 0.4) is 0 Å². The van der Waals surface area contributed by atoms with E-state index in [-0.39, 0.29) is 11.9 Å². The lowest BCUT2D eigenvalue weighted by atomic mass is 10.0. The summed E-state index contributed by atoms with van der Waals surface area (Å²) in [6.07, 6.45) is 3.17. The number of nitrogens with one attached hydrogen (secondary N) is 1. The average molecular weight is 369 g/mol. The van der Waals surface area contributed by atoms with Crippen molar-refractivity contribution in [3.8, 4) is 17.2 Å². The molecule has 2 rings (SSSR count). The maximum Gasteiger partial charge on any atom is 0.251 e. The number of benzene rings is 2. The van der Waals surface area contributed by atoms with Gasteiger partial charge in [0.15, 0.2) is 11.5 Å². The van der Waals surface area contributed by atoms with Crippen LogP contribution in [-0.4, -0.2) is 27.2 Å². The lowest BCUT2D eigenvalue weighted by Crippen LogP contribution is -2.28. The normalized spacial score (nSPS) is 11.4. The highest BCUT2D eigenvalue weighted by molar-refractivity contribution is 5.94. The second-order valence-electron chi connectivity index (χ2n) is 6.07. The number of methoxy groups -OCH3 is 3. The lowest BCUT2D eigenvalue weighted by Gasteiger charge is -2.19. The highest BCUT2D eigenvalue weighted by Gasteiger charge is 2.17. The Morgan fingerprint density at radius 1 is 1.04 bits per heavy atom. The molecule has 0 unspecified atom stereocenters. The Kier molecular flexibility index (Phi) is 7.29. The Hall–Kier alpha value is -2.95. The molecule has 0 aliphatic carbocycles. The topological polar surface area (TPSA) is 56.8 Å². The van der Waals surface area contributed by atoms with E-state index in [9.17, 15) is 4.79 Å². The number of ether oxygens (including phenoxy) is 3. The molecule has 5 nitrogen and oxygen atoms in total. The highest BCUT2D eigenvalue weighted by atomic mass is 16.5. The monoisotopic (exact) mass is 369 g/mol. The van der Waals surface area contributed by atoms with E-state index in [0.717, 1.165) is 23.3 Å². The first-order valence-corrected chi connectivity index (χ1v) is 8.88. The van der Waals surface area contributed by atoms with Gasteiger partial charge in [-0.2, -0.15) is 0 Å². The van der Waals surface area contributed by atoms with Gasteiger partial charge in [0.05, 0.1) is 27.4 Å². The van der Waals surface area contributed by atoms with Gasteiger partial charge in [-0.25, -0.2) is 0 Å². The van der Waals surface area contributed by atoms with Crippen molar-refractivity contribution in [3.05, 3.63) is 65.7 Å². The molecule has 0 heterocycles. The summed E-state index contributed by atoms with van der Waals surface area (Å²) in [5, 5.41) is 3.09. The van der Waals surface area contributed by atoms with Crippen LogP contribution in [0.2, 0.25) is 0 Å². The van der Waals surface area contributed by atoms with Gasteiger partial charge in [0.1, 0.15) is 5.75 Å². The quantitative estimate of drug-likeness (QED) is 0.669. The Labute approximate surface area is 161 Å². The second-order valence-corrected chi connectivity index (χ2v) is 6.07. The minimum absolute atomic E-state index is 0.135. The lowest BCUT2D eigenvalue weighted by molar-refractivity contribution is 0.0935. The zero-order valence-electron chi connectivity index (χ0n) is 16.4. The van der Waals surface area contributed by atoms with Gasteiger partial charge in [-0.15, -0.1) is 6.58 Å². The van der Waals surface area contributed by atoms with Gasteiger partial charge in [0.2, 0.25) is 0 Å². The third-order valence-corrected chi connectivity index (χ3v) is 4.43. The van der Waals surface area contributed by atoms with Crippen LogP contribution in [0.1, 0.15) is 40.9 Å². The van der Waals surface area contributed by atoms with Crippen LogP contribution < -0.4 is 19.5 Å². The van der Waals surface area contributed by atoms with E-state index in [1.165, 1.54) is 0 Å². The van der Waals surface area contributed by atoms with Crippen molar-refractivity contribution in [3.63, 3.8) is 0 Å². The molecule has 2 aromatic rings. The van der Waals surface area contributed by atoms with Crippen molar-refractivity contribution in [2.45, 2.75) is 25.8 Å². The smallest absolute Gasteiger partial charge is 0.251 e. The van der Waals surface area contributed by atoms with E-state index in [1.807, 2.05) is 37.3 Å². The number of allylic oxidation sites excluding steroid dienone is 1. The Morgan fingerprint density at radius 3 is 2.30 bits per heavy atom. The summed E-state index contributed by atoms with van der Waals surface area (Å²) in [6, 6.07) is 11.0. The molecule has 2 aromatic carbocycles. The molecule has 0 fully saturated rings. The predicted molar refractivity (Wildman–Crippen MR) is 107 cm³/mol. The van der Waals surface area contributed by atoms with Gasteiger partial charge >= 0.3 is 0 Å². The first-order valence-electron chi connectivity index (χ1n) is 8.88. The molecule has 27 heavy (non-hydrogen) atoms. The van der Waals surface area contributed by atoms with Crippen LogP contribution in [0.5, 0.6) is 17.2 Å². The Morgan fingerprint density at radius 2 is 1.70 bits per heavy atom. The van der Waals surface area contributed by atoms with Crippen LogP contribution in [0, 0.1) is 0 Å². The van der Waals surface area contributed by atoms with E-state index < -0.39 is 0 Å². The van der Waals surface area contributed by atoms with E-state index in [4.69, 9.17) is 14.2 Å². The SMILES string of the molecule is C=CCc1cc(C(=O)N[C@@H](CC)c2ccc(OC)c(OC)c2)ccc1OC. The van der Waals surface area contributed by atoms with Crippen molar-refractivity contribution in [2.75, 3.05) is 21.3 Å². The molecule has 0 aliphatic heterocycles. The van der Waals surface area contributed by atoms with Crippen LogP contribution in [0.4, 0.5) is 0 Å². The third-order valence-electron chi connectivity index (χ3n) is 4.43. The van der Waals surface area contributed by atoms with Crippen molar-refractivity contribution in [1.82, 2.24) is 5.32 Å². The fourth-order valence-corrected chi connectivity index (χ4v) is 2.97. The third kappa shape index (κ3) is 4.82. The van der Waals surface area contributed by atoms with E-state index >= 15 is 0 Å². The van der Waals surface area contributed by atoms with E-state index in [2.05, 4.69) is 11.9 Å². The van der Waals surface area contributed by atoms with E-state index in [1.54, 1.807) is 33.5 Å². The largest absolute Gasteiger partial charge is 0.496 e. The van der Waals surface area contributed by atoms with Crippen LogP contribution in [0.25, 0.3) is 0 Å². The van der Waals surface area contributed by atoms with Crippen LogP contribution >= 0.6 is 0 Å². The second kappa shape index (κ2) is 9.67. The molecule has 5 heteroatoms. The zero-order valence-corrected chi connectivity index (χ0v) is 16.4. The molecular weight excluding hydrogens is 342 g/mol. The summed E-state index contributed by atoms with van der Waals surface area (Å²) in [6.45, 7) is 5.79. The molecule has 0 radical (unpaired) electrons. The number of rotatable bonds is 9. The molecule has 0 saturated heterocycles. The number of amides is 1. The van der Waals surface area contributed by atoms with Gasteiger partial charge < -0.3 is 19.5 Å². The van der Waals surface area contributed by atoms with E-state index in [0.29, 0.717) is 23.5 Å². The zero-order chi connectivity index (χ0) is 19.8. The number of hydrogen-bond acceptors (Lipinski definition) is 4. The highest BCUT2D eigenvalue weighted by Crippen LogP contribution is 2.31. The van der Waals surface area contributed by atoms with Gasteiger partial charge in [-0.3, -0.25) is 4.79 Å². The Balaban J connectivity index is 2.24. The first kappa shape index (κ1) is 20.4. The summed E-state index contributed by atoms with van der Waals surface area (Å²) in [4.78, 5) is 12.8. The molecule has 0 bridgehead atoms. The minimum Gasteiger partial charge on any atom is -0.496 e. The average Bonchev–Trinajstić information content (AvgIpc) is 2.71. The van der Waals surface area contributed by atoms with Gasteiger partial charge in [0.25, 0.3) is 5.91 Å². The fourth-order valence-electron chi connectivity index (χ4n) is 2.97. The molecule has 0 aliphatic rings. The summed E-state index contributed by atoms with van der Waals surface area (Å²) in [5.41, 5.74) is 2.48. The number of carbonyl (C=O) groups is 1. The molecule has 1 atom stereocenters. The molecule has 0 spiro atoms. The Bertz CT molecular complexity index is 801. The van der Waals surface area contributed by atoms with Crippen molar-refractivity contribution >= 4 is 5.91 Å². The molecule has 1 amide bonds. The maximum atomic E-state index is 12.8. The number of carbonyl (C=O) groups excluding carboxylic acids is 1. The van der Waals surface area contributed by atoms with Crippen LogP contribution in [0.15, 0.2) is 49.1 Å². The van der Waals surface area contributed by atoms with Gasteiger partial charge in [-0.05, 0) is 54.3 Å². The molecule has 1 N–H and O–H groups in total. The summed E-state index contributed by atoms with van der Waals surface area (Å²) >= 11 is 0. The molecule has 0 aromatic heterocycles. The van der Waals surface area contributed by atoms with Crippen molar-refractivity contribution in [1.29, 1.82) is 0 Å².